The van der Waals surface area contributed by atoms with Crippen LogP contribution in [0.3, 0.4) is 0 Å². The molecule has 0 unspecified atom stereocenters. The number of rotatable bonds is 4. The highest BCUT2D eigenvalue weighted by Gasteiger charge is 2.22. The molecule has 1 atom stereocenters. The van der Waals surface area contributed by atoms with Gasteiger partial charge in [-0.15, -0.1) is 0 Å². The van der Waals surface area contributed by atoms with Gasteiger partial charge >= 0.3 is 0 Å². The molecule has 15 heavy (non-hydrogen) atoms. The molecule has 0 radical (unpaired) electrons. The standard InChI is InChI=1S/C9H18N2O2S2/c1-7(2)8-6-14-9(11-8)10-4-5-15(3,12)13/h7-8H,4-6H2,1-3H3,(H,10,11)/t8-/m1/s1. The van der Waals surface area contributed by atoms with Gasteiger partial charge < -0.3 is 5.32 Å². The Morgan fingerprint density at radius 2 is 2.27 bits per heavy atom. The van der Waals surface area contributed by atoms with Gasteiger partial charge in [0.15, 0.2) is 5.17 Å². The van der Waals surface area contributed by atoms with Gasteiger partial charge in [-0.1, -0.05) is 25.6 Å². The molecule has 0 saturated carbocycles. The topological polar surface area (TPSA) is 58.5 Å². The van der Waals surface area contributed by atoms with E-state index in [2.05, 4.69) is 24.2 Å². The van der Waals surface area contributed by atoms with Gasteiger partial charge in [-0.05, 0) is 5.92 Å². The third kappa shape index (κ3) is 4.88. The summed E-state index contributed by atoms with van der Waals surface area (Å²) in [5, 5.41) is 4.18. The Bertz CT molecular complexity index is 336. The number of sulfone groups is 1. The van der Waals surface area contributed by atoms with E-state index in [1.165, 1.54) is 6.26 Å². The molecule has 1 heterocycles. The maximum Gasteiger partial charge on any atom is 0.156 e. The van der Waals surface area contributed by atoms with Crippen molar-refractivity contribution in [2.45, 2.75) is 19.9 Å². The first-order chi connectivity index (χ1) is 6.88. The maximum atomic E-state index is 10.9. The second-order valence-electron chi connectivity index (χ2n) is 4.12. The van der Waals surface area contributed by atoms with Crippen LogP contribution in [0.25, 0.3) is 0 Å². The van der Waals surface area contributed by atoms with Crippen LogP contribution >= 0.6 is 11.8 Å². The minimum atomic E-state index is -2.89. The third-order valence-electron chi connectivity index (χ3n) is 2.23. The maximum absolute atomic E-state index is 10.9. The van der Waals surface area contributed by atoms with Crippen LogP contribution in [-0.2, 0) is 9.84 Å². The highest BCUT2D eigenvalue weighted by molar-refractivity contribution is 8.14. The van der Waals surface area contributed by atoms with Crippen LogP contribution in [0.2, 0.25) is 0 Å². The number of hydrogen-bond acceptors (Lipinski definition) is 4. The predicted octanol–water partition coefficient (Wildman–Crippen LogP) is 0.748. The minimum absolute atomic E-state index is 0.130. The van der Waals surface area contributed by atoms with Gasteiger partial charge in [0, 0.05) is 18.1 Å². The zero-order valence-corrected chi connectivity index (χ0v) is 11.0. The summed E-state index contributed by atoms with van der Waals surface area (Å²) >= 11 is 1.67. The first kappa shape index (κ1) is 12.8. The molecule has 1 saturated heterocycles. The van der Waals surface area contributed by atoms with E-state index in [0.29, 0.717) is 18.5 Å². The van der Waals surface area contributed by atoms with Crippen LogP contribution in [-0.4, -0.2) is 43.9 Å². The van der Waals surface area contributed by atoms with Crippen LogP contribution < -0.4 is 5.32 Å². The molecule has 1 aliphatic rings. The highest BCUT2D eigenvalue weighted by Crippen LogP contribution is 2.18. The van der Waals surface area contributed by atoms with Gasteiger partial charge in [0.1, 0.15) is 9.84 Å². The summed E-state index contributed by atoms with van der Waals surface area (Å²) in [7, 11) is -2.89. The molecule has 0 bridgehead atoms. The molecule has 4 nitrogen and oxygen atoms in total. The lowest BCUT2D eigenvalue weighted by Gasteiger charge is -2.12. The molecule has 0 aromatic heterocycles. The first-order valence-electron chi connectivity index (χ1n) is 5.00. The molecule has 0 spiro atoms. The summed E-state index contributed by atoms with van der Waals surface area (Å²) in [6, 6.07) is 0.465. The van der Waals surface area contributed by atoms with Gasteiger partial charge in [0.2, 0.25) is 0 Å². The summed E-state index contributed by atoms with van der Waals surface area (Å²) in [4.78, 5) is 4.23. The fourth-order valence-electron chi connectivity index (χ4n) is 1.17. The molecular weight excluding hydrogens is 232 g/mol. The Morgan fingerprint density at radius 3 is 2.73 bits per heavy atom. The van der Waals surface area contributed by atoms with Crippen molar-refractivity contribution in [3.63, 3.8) is 0 Å². The van der Waals surface area contributed by atoms with Crippen LogP contribution in [0.5, 0.6) is 0 Å². The normalized spacial score (nSPS) is 24.8. The molecular formula is C9H18N2O2S2. The Balaban J connectivity index is 2.37. The van der Waals surface area contributed by atoms with Crippen LogP contribution in [0.4, 0.5) is 0 Å². The Morgan fingerprint density at radius 1 is 1.60 bits per heavy atom. The molecule has 1 fully saturated rings. The van der Waals surface area contributed by atoms with E-state index in [4.69, 9.17) is 0 Å². The van der Waals surface area contributed by atoms with Crippen molar-refractivity contribution in [2.75, 3.05) is 24.3 Å². The molecule has 1 aliphatic heterocycles. The average Bonchev–Trinajstić information content (AvgIpc) is 2.50. The fraction of sp³-hybridized carbons (Fsp3) is 0.889. The van der Waals surface area contributed by atoms with Crippen molar-refractivity contribution in [1.82, 2.24) is 5.32 Å². The number of amidine groups is 1. The number of nitrogens with one attached hydrogen (secondary N) is 1. The quantitative estimate of drug-likeness (QED) is 0.800. The van der Waals surface area contributed by atoms with Crippen molar-refractivity contribution in [2.24, 2.45) is 10.9 Å². The summed E-state index contributed by atoms with van der Waals surface area (Å²) < 4.78 is 21.8. The Labute approximate surface area is 95.8 Å². The third-order valence-corrected chi connectivity index (χ3v) is 4.20. The zero-order chi connectivity index (χ0) is 11.5. The molecule has 0 amide bonds. The fourth-order valence-corrected chi connectivity index (χ4v) is 2.82. The van der Waals surface area contributed by atoms with Gasteiger partial charge in [0.25, 0.3) is 0 Å². The SMILES string of the molecule is CC(C)[C@H]1CSC(=NCCS(C)(=O)=O)N1. The van der Waals surface area contributed by atoms with Gasteiger partial charge in [0.05, 0.1) is 12.3 Å². The zero-order valence-electron chi connectivity index (χ0n) is 9.36. The summed E-state index contributed by atoms with van der Waals surface area (Å²) in [6.45, 7) is 4.69. The summed E-state index contributed by atoms with van der Waals surface area (Å²) in [5.41, 5.74) is 0. The van der Waals surface area contributed by atoms with Crippen molar-refractivity contribution in [1.29, 1.82) is 0 Å². The molecule has 0 aromatic rings. The van der Waals surface area contributed by atoms with Gasteiger partial charge in [-0.2, -0.15) is 0 Å². The number of thioether (sulfide) groups is 1. The lowest BCUT2D eigenvalue weighted by Crippen LogP contribution is -2.31. The summed E-state index contributed by atoms with van der Waals surface area (Å²) in [5.74, 6) is 1.74. The molecule has 0 aliphatic carbocycles. The number of aliphatic imine (C=N–C) groups is 1. The number of nitrogens with zero attached hydrogens (tertiary/aromatic N) is 1. The van der Waals surface area contributed by atoms with E-state index < -0.39 is 9.84 Å². The van der Waals surface area contributed by atoms with E-state index in [-0.39, 0.29) is 5.75 Å². The Hall–Kier alpha value is -0.230. The minimum Gasteiger partial charge on any atom is -0.361 e. The lowest BCUT2D eigenvalue weighted by atomic mass is 10.1. The van der Waals surface area contributed by atoms with Gasteiger partial charge in [-0.3, -0.25) is 4.99 Å². The van der Waals surface area contributed by atoms with Crippen LogP contribution in [0.1, 0.15) is 13.8 Å². The highest BCUT2D eigenvalue weighted by atomic mass is 32.2. The lowest BCUT2D eigenvalue weighted by molar-refractivity contribution is 0.503. The second kappa shape index (κ2) is 5.21. The van der Waals surface area contributed by atoms with Crippen molar-refractivity contribution >= 4 is 26.8 Å². The molecule has 1 N–H and O–H groups in total. The van der Waals surface area contributed by atoms with E-state index >= 15 is 0 Å². The molecule has 0 aromatic carbocycles. The smallest absolute Gasteiger partial charge is 0.156 e. The van der Waals surface area contributed by atoms with Crippen molar-refractivity contribution in [3.05, 3.63) is 0 Å². The van der Waals surface area contributed by atoms with E-state index in [0.717, 1.165) is 10.9 Å². The molecule has 1 rings (SSSR count). The monoisotopic (exact) mass is 250 g/mol. The second-order valence-corrected chi connectivity index (χ2v) is 7.39. The first-order valence-corrected chi connectivity index (χ1v) is 8.04. The largest absolute Gasteiger partial charge is 0.361 e. The number of hydrogen-bond donors (Lipinski definition) is 1. The molecule has 88 valence electrons. The predicted molar refractivity (Wildman–Crippen MR) is 66.2 cm³/mol. The summed E-state index contributed by atoms with van der Waals surface area (Å²) in [6.07, 6.45) is 1.24. The Kier molecular flexibility index (Phi) is 4.45. The van der Waals surface area contributed by atoms with Crippen molar-refractivity contribution < 1.29 is 8.42 Å². The average molecular weight is 250 g/mol. The van der Waals surface area contributed by atoms with Crippen LogP contribution in [0, 0.1) is 5.92 Å². The van der Waals surface area contributed by atoms with E-state index in [9.17, 15) is 8.42 Å². The van der Waals surface area contributed by atoms with Crippen LogP contribution in [0.15, 0.2) is 4.99 Å². The van der Waals surface area contributed by atoms with Crippen molar-refractivity contribution in [3.8, 4) is 0 Å². The van der Waals surface area contributed by atoms with Gasteiger partial charge in [-0.25, -0.2) is 8.42 Å². The van der Waals surface area contributed by atoms with E-state index in [1.807, 2.05) is 0 Å². The van der Waals surface area contributed by atoms with E-state index in [1.54, 1.807) is 11.8 Å². The molecule has 6 heteroatoms.